The quantitative estimate of drug-likeness (QED) is 0.770. The van der Waals surface area contributed by atoms with Gasteiger partial charge in [0.1, 0.15) is 0 Å². The van der Waals surface area contributed by atoms with Crippen molar-refractivity contribution in [3.63, 3.8) is 0 Å². The monoisotopic (exact) mass is 265 g/mol. The molecule has 3 nitrogen and oxygen atoms in total. The van der Waals surface area contributed by atoms with Crippen LogP contribution in [0.4, 0.5) is 0 Å². The van der Waals surface area contributed by atoms with Crippen molar-refractivity contribution in [2.75, 3.05) is 6.54 Å². The molecule has 0 radical (unpaired) electrons. The number of fused-ring (bicyclic) bond motifs is 1. The fourth-order valence-electron chi connectivity index (χ4n) is 3.67. The Morgan fingerprint density at radius 1 is 1.21 bits per heavy atom. The first-order chi connectivity index (χ1) is 8.73. The molecule has 0 aromatic heterocycles. The van der Waals surface area contributed by atoms with Crippen molar-refractivity contribution in [2.45, 2.75) is 59.9 Å². The molecule has 4 atom stereocenters. The minimum absolute atomic E-state index is 0.0341. The third-order valence-corrected chi connectivity index (χ3v) is 5.26. The summed E-state index contributed by atoms with van der Waals surface area (Å²) in [7, 11) is 0. The van der Waals surface area contributed by atoms with Crippen LogP contribution in [0.25, 0.3) is 0 Å². The second-order valence-corrected chi connectivity index (χ2v) is 7.49. The molecule has 3 heteroatoms. The maximum absolute atomic E-state index is 12.7. The lowest BCUT2D eigenvalue weighted by atomic mass is 9.81. The molecular weight excluding hydrogens is 238 g/mol. The van der Waals surface area contributed by atoms with E-state index in [-0.39, 0.29) is 29.1 Å². The average Bonchev–Trinajstić information content (AvgIpc) is 2.83. The van der Waals surface area contributed by atoms with Gasteiger partial charge in [0.15, 0.2) is 5.78 Å². The lowest BCUT2D eigenvalue weighted by Crippen LogP contribution is -2.47. The predicted molar refractivity (Wildman–Crippen MR) is 75.6 cm³/mol. The number of hydrogen-bond donors (Lipinski definition) is 0. The molecule has 1 heterocycles. The molecule has 1 aliphatic carbocycles. The highest BCUT2D eigenvalue weighted by Crippen LogP contribution is 2.43. The average molecular weight is 265 g/mol. The van der Waals surface area contributed by atoms with Crippen LogP contribution in [0.2, 0.25) is 0 Å². The molecular formula is C16H27NO2. The Hall–Kier alpha value is -0.860. The third-order valence-electron chi connectivity index (χ3n) is 5.26. The molecule has 2 fully saturated rings. The molecule has 2 aliphatic rings. The predicted octanol–water partition coefficient (Wildman–Crippen LogP) is 2.88. The summed E-state index contributed by atoms with van der Waals surface area (Å²) in [5.41, 5.74) is -0.0455. The van der Waals surface area contributed by atoms with Crippen LogP contribution in [0.15, 0.2) is 0 Å². The van der Waals surface area contributed by atoms with Crippen molar-refractivity contribution in [3.05, 3.63) is 0 Å². The van der Waals surface area contributed by atoms with Gasteiger partial charge in [0, 0.05) is 12.5 Å². The number of Topliss-reactive ketones (excluding diaryl/α,β-unsaturated/α-hetero) is 1. The number of rotatable bonds is 2. The normalized spacial score (nSPS) is 32.3. The highest BCUT2D eigenvalue weighted by molar-refractivity contribution is 5.89. The van der Waals surface area contributed by atoms with Gasteiger partial charge in [-0.05, 0) is 37.0 Å². The van der Waals surface area contributed by atoms with Gasteiger partial charge in [-0.1, -0.05) is 34.1 Å². The Kier molecular flexibility index (Phi) is 3.76. The largest absolute Gasteiger partial charge is 0.332 e. The summed E-state index contributed by atoms with van der Waals surface area (Å²) in [6.45, 7) is 10.7. The maximum Gasteiger partial charge on any atom is 0.226 e. The minimum Gasteiger partial charge on any atom is -0.332 e. The van der Waals surface area contributed by atoms with Gasteiger partial charge in [-0.15, -0.1) is 0 Å². The number of hydrogen-bond acceptors (Lipinski definition) is 2. The van der Waals surface area contributed by atoms with E-state index in [0.29, 0.717) is 11.8 Å². The second-order valence-electron chi connectivity index (χ2n) is 7.49. The molecule has 0 bridgehead atoms. The molecule has 0 unspecified atom stereocenters. The summed E-state index contributed by atoms with van der Waals surface area (Å²) in [6.07, 6.45) is 3.51. The van der Waals surface area contributed by atoms with E-state index in [9.17, 15) is 9.59 Å². The van der Waals surface area contributed by atoms with Gasteiger partial charge < -0.3 is 4.90 Å². The SMILES string of the molecule is CC(=O)[C@@H]1[C@H]2CCC[C@H]2CN1C(=O)[C@@H](C)C(C)(C)C. The van der Waals surface area contributed by atoms with Gasteiger partial charge in [-0.2, -0.15) is 0 Å². The lowest BCUT2D eigenvalue weighted by Gasteiger charge is -2.33. The van der Waals surface area contributed by atoms with Gasteiger partial charge >= 0.3 is 0 Å². The topological polar surface area (TPSA) is 37.4 Å². The van der Waals surface area contributed by atoms with Gasteiger partial charge in [0.05, 0.1) is 6.04 Å². The summed E-state index contributed by atoms with van der Waals surface area (Å²) in [6, 6.07) is -0.148. The van der Waals surface area contributed by atoms with Crippen LogP contribution in [0, 0.1) is 23.2 Å². The highest BCUT2D eigenvalue weighted by Gasteiger charge is 2.49. The molecule has 0 aromatic carbocycles. The van der Waals surface area contributed by atoms with Gasteiger partial charge in [0.2, 0.25) is 5.91 Å². The summed E-state index contributed by atoms with van der Waals surface area (Å²) in [4.78, 5) is 26.6. The number of ketones is 1. The number of nitrogens with zero attached hydrogens (tertiary/aromatic N) is 1. The van der Waals surface area contributed by atoms with Crippen LogP contribution in [-0.2, 0) is 9.59 Å². The van der Waals surface area contributed by atoms with Crippen LogP contribution in [0.5, 0.6) is 0 Å². The fraction of sp³-hybridized carbons (Fsp3) is 0.875. The Balaban J connectivity index is 2.19. The lowest BCUT2D eigenvalue weighted by molar-refractivity contribution is -0.143. The van der Waals surface area contributed by atoms with E-state index < -0.39 is 0 Å². The van der Waals surface area contributed by atoms with Gasteiger partial charge in [0.25, 0.3) is 0 Å². The third kappa shape index (κ3) is 2.56. The maximum atomic E-state index is 12.7. The molecule has 1 amide bonds. The smallest absolute Gasteiger partial charge is 0.226 e. The summed E-state index contributed by atoms with van der Waals surface area (Å²) in [5, 5.41) is 0. The van der Waals surface area contributed by atoms with E-state index in [4.69, 9.17) is 0 Å². The Morgan fingerprint density at radius 3 is 2.37 bits per heavy atom. The van der Waals surface area contributed by atoms with E-state index in [1.807, 2.05) is 11.8 Å². The molecule has 0 aromatic rings. The van der Waals surface area contributed by atoms with E-state index in [0.717, 1.165) is 13.0 Å². The van der Waals surface area contributed by atoms with Crippen LogP contribution < -0.4 is 0 Å². The zero-order valence-electron chi connectivity index (χ0n) is 12.9. The molecule has 0 N–H and O–H groups in total. The van der Waals surface area contributed by atoms with Crippen molar-refractivity contribution in [1.82, 2.24) is 4.90 Å². The van der Waals surface area contributed by atoms with Crippen molar-refractivity contribution >= 4 is 11.7 Å². The van der Waals surface area contributed by atoms with Crippen LogP contribution in [0.1, 0.15) is 53.9 Å². The number of amides is 1. The number of likely N-dealkylation sites (tertiary alicyclic amines) is 1. The minimum atomic E-state index is -0.148. The molecule has 0 spiro atoms. The standard InChI is InChI=1S/C16H27NO2/c1-10(16(3,4)5)15(19)17-9-12-7-6-8-13(12)14(17)11(2)18/h10,12-14H,6-9H2,1-5H3/t10-,12+,13+,14-/m1/s1. The van der Waals surface area contributed by atoms with Crippen molar-refractivity contribution in [1.29, 1.82) is 0 Å². The molecule has 1 saturated carbocycles. The first-order valence-electron chi connectivity index (χ1n) is 7.54. The van der Waals surface area contributed by atoms with E-state index in [1.165, 1.54) is 12.8 Å². The van der Waals surface area contributed by atoms with E-state index in [1.54, 1.807) is 6.92 Å². The van der Waals surface area contributed by atoms with Crippen LogP contribution >= 0.6 is 0 Å². The molecule has 19 heavy (non-hydrogen) atoms. The summed E-state index contributed by atoms with van der Waals surface area (Å²) in [5.74, 6) is 1.29. The summed E-state index contributed by atoms with van der Waals surface area (Å²) >= 11 is 0. The highest BCUT2D eigenvalue weighted by atomic mass is 16.2. The van der Waals surface area contributed by atoms with E-state index in [2.05, 4.69) is 20.8 Å². The van der Waals surface area contributed by atoms with Crippen molar-refractivity contribution < 1.29 is 9.59 Å². The fourth-order valence-corrected chi connectivity index (χ4v) is 3.67. The molecule has 108 valence electrons. The zero-order valence-corrected chi connectivity index (χ0v) is 12.9. The number of carbonyl (C=O) groups excluding carboxylic acids is 2. The first kappa shape index (κ1) is 14.5. The molecule has 2 rings (SSSR count). The Morgan fingerprint density at radius 2 is 1.84 bits per heavy atom. The van der Waals surface area contributed by atoms with Crippen LogP contribution in [0.3, 0.4) is 0 Å². The first-order valence-corrected chi connectivity index (χ1v) is 7.54. The molecule has 1 aliphatic heterocycles. The molecule has 1 saturated heterocycles. The number of carbonyl (C=O) groups is 2. The van der Waals surface area contributed by atoms with Crippen molar-refractivity contribution in [3.8, 4) is 0 Å². The van der Waals surface area contributed by atoms with Crippen LogP contribution in [-0.4, -0.2) is 29.2 Å². The van der Waals surface area contributed by atoms with E-state index >= 15 is 0 Å². The van der Waals surface area contributed by atoms with Crippen molar-refractivity contribution in [2.24, 2.45) is 23.2 Å². The Labute approximate surface area is 116 Å². The second kappa shape index (κ2) is 4.92. The van der Waals surface area contributed by atoms with Gasteiger partial charge in [-0.3, -0.25) is 9.59 Å². The Bertz CT molecular complexity index is 383. The van der Waals surface area contributed by atoms with Gasteiger partial charge in [-0.25, -0.2) is 0 Å². The summed E-state index contributed by atoms with van der Waals surface area (Å²) < 4.78 is 0. The zero-order chi connectivity index (χ0) is 14.4.